The average Bonchev–Trinajstić information content (AvgIpc) is 2.41. The second-order valence-corrected chi connectivity index (χ2v) is 2.11. The Bertz CT molecular complexity index is 260. The number of alkyl halides is 2. The smallest absolute Gasteiger partial charge is 0.395 e. The van der Waals surface area contributed by atoms with E-state index in [9.17, 15) is 8.78 Å². The number of hydrogen-bond acceptors (Lipinski definition) is 2. The lowest BCUT2D eigenvalue weighted by atomic mass is 10.3. The molecule has 0 aromatic heterocycles. The minimum Gasteiger partial charge on any atom is -0.395 e. The van der Waals surface area contributed by atoms with Gasteiger partial charge >= 0.3 is 6.29 Å². The Labute approximate surface area is 75.1 Å². The van der Waals surface area contributed by atoms with E-state index in [2.05, 4.69) is 9.47 Å². The number of benzene rings is 1. The normalized spacial score (nSPS) is 16.0. The van der Waals surface area contributed by atoms with Gasteiger partial charge in [0, 0.05) is 0 Å². The molecule has 2 nitrogen and oxygen atoms in total. The van der Waals surface area contributed by atoms with E-state index < -0.39 is 6.29 Å². The van der Waals surface area contributed by atoms with Crippen LogP contribution in [0.1, 0.15) is 13.8 Å². The Morgan fingerprint density at radius 2 is 1.38 bits per heavy atom. The van der Waals surface area contributed by atoms with Crippen LogP contribution in [0.2, 0.25) is 0 Å². The maximum absolute atomic E-state index is 12.3. The summed E-state index contributed by atoms with van der Waals surface area (Å²) in [5, 5.41) is 0. The Hall–Kier alpha value is -1.32. The molecule has 0 amide bonds. The zero-order valence-corrected chi connectivity index (χ0v) is 7.38. The fourth-order valence-corrected chi connectivity index (χ4v) is 0.896. The molecular weight excluding hydrogens is 178 g/mol. The molecule has 0 atom stereocenters. The minimum absolute atomic E-state index is 0.0810. The summed E-state index contributed by atoms with van der Waals surface area (Å²) in [6.45, 7) is 4.00. The average molecular weight is 188 g/mol. The van der Waals surface area contributed by atoms with E-state index in [-0.39, 0.29) is 11.5 Å². The van der Waals surface area contributed by atoms with Gasteiger partial charge in [0.2, 0.25) is 0 Å². The van der Waals surface area contributed by atoms with Crippen molar-refractivity contribution >= 4 is 0 Å². The van der Waals surface area contributed by atoms with Gasteiger partial charge in [-0.05, 0) is 12.1 Å². The van der Waals surface area contributed by atoms with Gasteiger partial charge in [-0.2, -0.15) is 0 Å². The molecule has 0 saturated heterocycles. The van der Waals surface area contributed by atoms with Crippen molar-refractivity contribution in [3.63, 3.8) is 0 Å². The fraction of sp³-hybridized carbons (Fsp3) is 0.333. The Morgan fingerprint density at radius 1 is 1.00 bits per heavy atom. The van der Waals surface area contributed by atoms with Gasteiger partial charge in [0.1, 0.15) is 0 Å². The number of halogens is 2. The molecule has 1 aliphatic rings. The van der Waals surface area contributed by atoms with Gasteiger partial charge < -0.3 is 9.47 Å². The van der Waals surface area contributed by atoms with Crippen LogP contribution < -0.4 is 9.47 Å². The molecule has 0 saturated carbocycles. The summed E-state index contributed by atoms with van der Waals surface area (Å²) in [6, 6.07) is 6.06. The third-order valence-corrected chi connectivity index (χ3v) is 1.31. The maximum Gasteiger partial charge on any atom is 0.586 e. The standard InChI is InChI=1S/C7H4F2O2.C2H6/c8-7(9)10-5-3-1-2-4-6(5)11-7;1-2/h1-4H;1-2H3. The van der Waals surface area contributed by atoms with Crippen LogP contribution in [0.15, 0.2) is 24.3 Å². The van der Waals surface area contributed by atoms with E-state index in [1.807, 2.05) is 13.8 Å². The molecule has 72 valence electrons. The lowest BCUT2D eigenvalue weighted by Crippen LogP contribution is -2.25. The van der Waals surface area contributed by atoms with Crippen molar-refractivity contribution in [3.05, 3.63) is 24.3 Å². The monoisotopic (exact) mass is 188 g/mol. The van der Waals surface area contributed by atoms with Crippen LogP contribution in [0, 0.1) is 0 Å². The molecule has 0 fully saturated rings. The molecule has 0 spiro atoms. The molecule has 0 unspecified atom stereocenters. The highest BCUT2D eigenvalue weighted by molar-refractivity contribution is 5.41. The summed E-state index contributed by atoms with van der Waals surface area (Å²) in [4.78, 5) is 0. The van der Waals surface area contributed by atoms with Gasteiger partial charge in [0.15, 0.2) is 11.5 Å². The molecule has 13 heavy (non-hydrogen) atoms. The number of para-hydroxylation sites is 2. The predicted molar refractivity (Wildman–Crippen MR) is 44.0 cm³/mol. The van der Waals surface area contributed by atoms with E-state index in [0.717, 1.165) is 0 Å². The van der Waals surface area contributed by atoms with Crippen molar-refractivity contribution in [2.75, 3.05) is 0 Å². The van der Waals surface area contributed by atoms with Crippen molar-refractivity contribution in [2.45, 2.75) is 20.1 Å². The Balaban J connectivity index is 0.000000396. The lowest BCUT2D eigenvalue weighted by Gasteiger charge is -2.04. The van der Waals surface area contributed by atoms with Crippen LogP contribution in [0.3, 0.4) is 0 Å². The van der Waals surface area contributed by atoms with Crippen molar-refractivity contribution in [1.82, 2.24) is 0 Å². The Kier molecular flexibility index (Phi) is 2.70. The van der Waals surface area contributed by atoms with E-state index in [1.54, 1.807) is 12.1 Å². The lowest BCUT2D eigenvalue weighted by molar-refractivity contribution is -0.286. The summed E-state index contributed by atoms with van der Waals surface area (Å²) < 4.78 is 32.9. The molecule has 1 aliphatic heterocycles. The molecule has 1 aromatic carbocycles. The van der Waals surface area contributed by atoms with Crippen molar-refractivity contribution in [2.24, 2.45) is 0 Å². The van der Waals surface area contributed by atoms with Crippen LogP contribution >= 0.6 is 0 Å². The highest BCUT2D eigenvalue weighted by Crippen LogP contribution is 2.39. The first kappa shape index (κ1) is 9.77. The van der Waals surface area contributed by atoms with Gasteiger partial charge in [0.25, 0.3) is 0 Å². The third kappa shape index (κ3) is 2.08. The number of hydrogen-bond donors (Lipinski definition) is 0. The van der Waals surface area contributed by atoms with Crippen molar-refractivity contribution in [3.8, 4) is 11.5 Å². The van der Waals surface area contributed by atoms with Gasteiger partial charge in [0.05, 0.1) is 0 Å². The molecule has 1 heterocycles. The van der Waals surface area contributed by atoms with Gasteiger partial charge in [-0.25, -0.2) is 0 Å². The van der Waals surface area contributed by atoms with Gasteiger partial charge in [-0.15, -0.1) is 8.78 Å². The summed E-state index contributed by atoms with van der Waals surface area (Å²) >= 11 is 0. The first-order valence-corrected chi connectivity index (χ1v) is 4.02. The molecule has 0 N–H and O–H groups in total. The third-order valence-electron chi connectivity index (χ3n) is 1.31. The SMILES string of the molecule is CC.FC1(F)Oc2ccccc2O1. The maximum atomic E-state index is 12.3. The van der Waals surface area contributed by atoms with Crippen LogP contribution in [0.4, 0.5) is 8.78 Å². The topological polar surface area (TPSA) is 18.5 Å². The quantitative estimate of drug-likeness (QED) is 0.623. The van der Waals surface area contributed by atoms with E-state index in [4.69, 9.17) is 0 Å². The summed E-state index contributed by atoms with van der Waals surface area (Å²) in [7, 11) is 0. The van der Waals surface area contributed by atoms with E-state index >= 15 is 0 Å². The van der Waals surface area contributed by atoms with Crippen LogP contribution in [-0.2, 0) is 0 Å². The second kappa shape index (κ2) is 3.60. The fourth-order valence-electron chi connectivity index (χ4n) is 0.896. The molecule has 0 bridgehead atoms. The van der Waals surface area contributed by atoms with Gasteiger partial charge in [-0.1, -0.05) is 26.0 Å². The molecule has 0 aliphatic carbocycles. The van der Waals surface area contributed by atoms with Crippen LogP contribution in [0.5, 0.6) is 11.5 Å². The number of ether oxygens (including phenoxy) is 2. The Morgan fingerprint density at radius 3 is 1.77 bits per heavy atom. The second-order valence-electron chi connectivity index (χ2n) is 2.11. The highest BCUT2D eigenvalue weighted by atomic mass is 19.3. The van der Waals surface area contributed by atoms with Crippen LogP contribution in [-0.4, -0.2) is 6.29 Å². The first-order chi connectivity index (χ1) is 6.17. The largest absolute Gasteiger partial charge is 0.586 e. The van der Waals surface area contributed by atoms with Crippen LogP contribution in [0.25, 0.3) is 0 Å². The summed E-state index contributed by atoms with van der Waals surface area (Å²) in [5.41, 5.74) is 0. The van der Waals surface area contributed by atoms with E-state index in [1.165, 1.54) is 12.1 Å². The van der Waals surface area contributed by atoms with Gasteiger partial charge in [-0.3, -0.25) is 0 Å². The van der Waals surface area contributed by atoms with Crippen molar-refractivity contribution in [1.29, 1.82) is 0 Å². The highest BCUT2D eigenvalue weighted by Gasteiger charge is 2.42. The molecule has 0 radical (unpaired) electrons. The predicted octanol–water partition coefficient (Wildman–Crippen LogP) is 3.03. The van der Waals surface area contributed by atoms with Crippen molar-refractivity contribution < 1.29 is 18.3 Å². The molecule has 4 heteroatoms. The number of fused-ring (bicyclic) bond motifs is 1. The molecule has 1 aromatic rings. The summed E-state index contributed by atoms with van der Waals surface area (Å²) in [5.74, 6) is 0.162. The zero-order valence-electron chi connectivity index (χ0n) is 7.38. The first-order valence-electron chi connectivity index (χ1n) is 4.02. The minimum atomic E-state index is -3.50. The zero-order chi connectivity index (χ0) is 9.90. The molecule has 2 rings (SSSR count). The van der Waals surface area contributed by atoms with E-state index in [0.29, 0.717) is 0 Å². The number of rotatable bonds is 0. The molecular formula is C9H10F2O2. The summed E-state index contributed by atoms with van der Waals surface area (Å²) in [6.07, 6.45) is -3.50.